The van der Waals surface area contributed by atoms with Crippen molar-refractivity contribution in [3.8, 4) is 0 Å². The van der Waals surface area contributed by atoms with E-state index in [1.54, 1.807) is 18.4 Å². The first-order chi connectivity index (χ1) is 11.8. The number of hydrogen-bond donors (Lipinski definition) is 2. The molecule has 0 spiro atoms. The number of halogens is 1. The van der Waals surface area contributed by atoms with Gasteiger partial charge in [0, 0.05) is 31.9 Å². The van der Waals surface area contributed by atoms with Crippen LogP contribution in [-0.4, -0.2) is 24.5 Å². The van der Waals surface area contributed by atoms with Crippen molar-refractivity contribution in [2.75, 3.05) is 13.6 Å². The Balaban J connectivity index is 0.00000225. The summed E-state index contributed by atoms with van der Waals surface area (Å²) < 4.78 is 0. The standard InChI is InChI=1S/C19H22N4S.HI/c1-14-23-17(13-24-14)10-11-21-19(20-2)22-12-16-8-5-7-15-6-3-4-9-18(15)16;/h3-9,13H,10-12H2,1-2H3,(H2,20,21,22);1H. The van der Waals surface area contributed by atoms with Gasteiger partial charge < -0.3 is 10.6 Å². The smallest absolute Gasteiger partial charge is 0.191 e. The molecule has 6 heteroatoms. The SMILES string of the molecule is CN=C(NCCc1csc(C)n1)NCc1cccc2ccccc12.I. The van der Waals surface area contributed by atoms with Crippen molar-refractivity contribution in [3.63, 3.8) is 0 Å². The minimum atomic E-state index is 0. The summed E-state index contributed by atoms with van der Waals surface area (Å²) in [4.78, 5) is 8.78. The van der Waals surface area contributed by atoms with Gasteiger partial charge in [-0.3, -0.25) is 4.99 Å². The second-order valence-electron chi connectivity index (χ2n) is 5.60. The van der Waals surface area contributed by atoms with E-state index < -0.39 is 0 Å². The van der Waals surface area contributed by atoms with Crippen molar-refractivity contribution in [2.45, 2.75) is 19.9 Å². The molecule has 0 radical (unpaired) electrons. The third-order valence-corrected chi connectivity index (χ3v) is 4.71. The summed E-state index contributed by atoms with van der Waals surface area (Å²) in [5.74, 6) is 0.815. The van der Waals surface area contributed by atoms with Gasteiger partial charge in [-0.1, -0.05) is 42.5 Å². The summed E-state index contributed by atoms with van der Waals surface area (Å²) in [5, 5.41) is 12.5. The predicted molar refractivity (Wildman–Crippen MR) is 118 cm³/mol. The highest BCUT2D eigenvalue weighted by Gasteiger charge is 2.03. The molecule has 3 rings (SSSR count). The summed E-state index contributed by atoms with van der Waals surface area (Å²) in [7, 11) is 1.80. The molecule has 0 aliphatic rings. The molecule has 0 saturated carbocycles. The quantitative estimate of drug-likeness (QED) is 0.338. The molecule has 25 heavy (non-hydrogen) atoms. The highest BCUT2D eigenvalue weighted by Crippen LogP contribution is 2.18. The van der Waals surface area contributed by atoms with Crippen molar-refractivity contribution >= 4 is 52.0 Å². The molecular weight excluding hydrogens is 443 g/mol. The number of aliphatic imine (C=N–C) groups is 1. The van der Waals surface area contributed by atoms with Gasteiger partial charge in [-0.15, -0.1) is 35.3 Å². The normalized spacial score (nSPS) is 11.2. The van der Waals surface area contributed by atoms with Crippen LogP contribution >= 0.6 is 35.3 Å². The van der Waals surface area contributed by atoms with E-state index in [-0.39, 0.29) is 24.0 Å². The molecule has 0 saturated heterocycles. The van der Waals surface area contributed by atoms with Crippen LogP contribution < -0.4 is 10.6 Å². The number of hydrogen-bond acceptors (Lipinski definition) is 3. The number of aryl methyl sites for hydroxylation is 1. The summed E-state index contributed by atoms with van der Waals surface area (Å²) in [6.45, 7) is 3.60. The van der Waals surface area contributed by atoms with E-state index in [1.807, 2.05) is 6.92 Å². The van der Waals surface area contributed by atoms with E-state index in [0.29, 0.717) is 0 Å². The molecule has 0 unspecified atom stereocenters. The molecule has 0 bridgehead atoms. The van der Waals surface area contributed by atoms with Crippen LogP contribution in [0.2, 0.25) is 0 Å². The van der Waals surface area contributed by atoms with Gasteiger partial charge in [-0.05, 0) is 23.3 Å². The van der Waals surface area contributed by atoms with Gasteiger partial charge in [0.15, 0.2) is 5.96 Å². The van der Waals surface area contributed by atoms with Crippen LogP contribution in [0.4, 0.5) is 0 Å². The van der Waals surface area contributed by atoms with E-state index >= 15 is 0 Å². The molecule has 2 N–H and O–H groups in total. The summed E-state index contributed by atoms with van der Waals surface area (Å²) in [6, 6.07) is 14.8. The number of nitrogens with one attached hydrogen (secondary N) is 2. The van der Waals surface area contributed by atoms with Gasteiger partial charge in [-0.25, -0.2) is 4.98 Å². The Morgan fingerprint density at radius 1 is 1.12 bits per heavy atom. The number of fused-ring (bicyclic) bond motifs is 1. The first-order valence-corrected chi connectivity index (χ1v) is 8.96. The molecule has 132 valence electrons. The molecular formula is C19H23IN4S. The number of thiazole rings is 1. The fourth-order valence-electron chi connectivity index (χ4n) is 2.68. The summed E-state index contributed by atoms with van der Waals surface area (Å²) in [6.07, 6.45) is 0.902. The predicted octanol–water partition coefficient (Wildman–Crippen LogP) is 4.13. The largest absolute Gasteiger partial charge is 0.356 e. The maximum absolute atomic E-state index is 4.48. The zero-order valence-corrected chi connectivity index (χ0v) is 17.6. The van der Waals surface area contributed by atoms with E-state index in [9.17, 15) is 0 Å². The number of aromatic nitrogens is 1. The van der Waals surface area contributed by atoms with Gasteiger partial charge >= 0.3 is 0 Å². The minimum Gasteiger partial charge on any atom is -0.356 e. The van der Waals surface area contributed by atoms with E-state index in [1.165, 1.54) is 16.3 Å². The third kappa shape index (κ3) is 5.40. The number of guanidine groups is 1. The van der Waals surface area contributed by atoms with Crippen LogP contribution in [0.5, 0.6) is 0 Å². The Kier molecular flexibility index (Phi) is 7.64. The Hall–Kier alpha value is -1.67. The zero-order valence-electron chi connectivity index (χ0n) is 14.5. The third-order valence-electron chi connectivity index (χ3n) is 3.89. The Morgan fingerprint density at radius 3 is 2.68 bits per heavy atom. The van der Waals surface area contributed by atoms with Crippen LogP contribution in [0.25, 0.3) is 10.8 Å². The van der Waals surface area contributed by atoms with E-state index in [0.717, 1.165) is 36.2 Å². The maximum Gasteiger partial charge on any atom is 0.191 e. The van der Waals surface area contributed by atoms with Crippen molar-refractivity contribution in [1.29, 1.82) is 0 Å². The van der Waals surface area contributed by atoms with E-state index in [2.05, 4.69) is 68.5 Å². The van der Waals surface area contributed by atoms with Crippen LogP contribution in [0, 0.1) is 6.92 Å². The van der Waals surface area contributed by atoms with Gasteiger partial charge in [0.05, 0.1) is 10.7 Å². The van der Waals surface area contributed by atoms with Crippen molar-refractivity contribution in [2.24, 2.45) is 4.99 Å². The maximum atomic E-state index is 4.48. The molecule has 1 aromatic heterocycles. The lowest BCUT2D eigenvalue weighted by molar-refractivity contribution is 0.788. The minimum absolute atomic E-state index is 0. The lowest BCUT2D eigenvalue weighted by atomic mass is 10.0. The van der Waals surface area contributed by atoms with Crippen LogP contribution in [-0.2, 0) is 13.0 Å². The number of benzene rings is 2. The van der Waals surface area contributed by atoms with Gasteiger partial charge in [0.1, 0.15) is 0 Å². The van der Waals surface area contributed by atoms with Crippen molar-refractivity contribution in [3.05, 3.63) is 64.1 Å². The average molecular weight is 466 g/mol. The van der Waals surface area contributed by atoms with Gasteiger partial charge in [0.2, 0.25) is 0 Å². The molecule has 2 aromatic carbocycles. The average Bonchev–Trinajstić information content (AvgIpc) is 3.03. The molecule has 0 atom stereocenters. The van der Waals surface area contributed by atoms with Crippen LogP contribution in [0.15, 0.2) is 52.8 Å². The number of rotatable bonds is 5. The summed E-state index contributed by atoms with van der Waals surface area (Å²) >= 11 is 1.69. The molecule has 0 amide bonds. The Morgan fingerprint density at radius 2 is 1.92 bits per heavy atom. The highest BCUT2D eigenvalue weighted by atomic mass is 127. The summed E-state index contributed by atoms with van der Waals surface area (Å²) in [5.41, 5.74) is 2.40. The number of nitrogens with zero attached hydrogens (tertiary/aromatic N) is 2. The first-order valence-electron chi connectivity index (χ1n) is 8.08. The molecule has 4 nitrogen and oxygen atoms in total. The van der Waals surface area contributed by atoms with Crippen LogP contribution in [0.3, 0.4) is 0 Å². The lowest BCUT2D eigenvalue weighted by Crippen LogP contribution is -2.37. The monoisotopic (exact) mass is 466 g/mol. The second kappa shape index (κ2) is 9.72. The first kappa shape index (κ1) is 19.7. The Labute approximate surface area is 169 Å². The van der Waals surface area contributed by atoms with Crippen LogP contribution in [0.1, 0.15) is 16.3 Å². The Bertz CT molecular complexity index is 839. The topological polar surface area (TPSA) is 49.3 Å². The van der Waals surface area contributed by atoms with E-state index in [4.69, 9.17) is 0 Å². The highest BCUT2D eigenvalue weighted by molar-refractivity contribution is 14.0. The van der Waals surface area contributed by atoms with Gasteiger partial charge in [0.25, 0.3) is 0 Å². The molecule has 1 heterocycles. The van der Waals surface area contributed by atoms with Gasteiger partial charge in [-0.2, -0.15) is 0 Å². The fourth-order valence-corrected chi connectivity index (χ4v) is 3.33. The van der Waals surface area contributed by atoms with Crippen molar-refractivity contribution < 1.29 is 0 Å². The fraction of sp³-hybridized carbons (Fsp3) is 0.263. The van der Waals surface area contributed by atoms with Crippen molar-refractivity contribution in [1.82, 2.24) is 15.6 Å². The second-order valence-corrected chi connectivity index (χ2v) is 6.66. The zero-order chi connectivity index (χ0) is 16.8. The molecule has 0 fully saturated rings. The molecule has 0 aliphatic carbocycles. The lowest BCUT2D eigenvalue weighted by Gasteiger charge is -2.13. The molecule has 0 aliphatic heterocycles. The molecule has 3 aromatic rings.